The van der Waals surface area contributed by atoms with E-state index < -0.39 is 0 Å². The molecule has 0 unspecified atom stereocenters. The molecular weight excluding hydrogens is 210 g/mol. The third-order valence-electron chi connectivity index (χ3n) is 2.90. The Kier molecular flexibility index (Phi) is 4.33. The summed E-state index contributed by atoms with van der Waals surface area (Å²) in [4.78, 5) is 7.32. The predicted octanol–water partition coefficient (Wildman–Crippen LogP) is 2.44. The number of aryl methyl sites for hydroxylation is 2. The standard InChI is InChI=1S/C14H19N3/c1-12-5-2-3-6-13(12)11-15-8-4-7-14-16-9-10-17-14/h2-3,5-6,9-10,15H,4,7-8,11H2,1H3,(H,16,17). The molecule has 2 N–H and O–H groups in total. The molecule has 2 rings (SSSR count). The Morgan fingerprint density at radius 3 is 2.94 bits per heavy atom. The molecule has 1 aromatic heterocycles. The van der Waals surface area contributed by atoms with Crippen molar-refractivity contribution in [3.8, 4) is 0 Å². The number of hydrogen-bond acceptors (Lipinski definition) is 2. The second-order valence-electron chi connectivity index (χ2n) is 4.24. The first kappa shape index (κ1) is 11.9. The van der Waals surface area contributed by atoms with Gasteiger partial charge in [0.1, 0.15) is 5.82 Å². The van der Waals surface area contributed by atoms with Crippen LogP contribution in [0.15, 0.2) is 36.7 Å². The highest BCUT2D eigenvalue weighted by Crippen LogP contribution is 2.06. The molecule has 0 bridgehead atoms. The predicted molar refractivity (Wildman–Crippen MR) is 69.8 cm³/mol. The summed E-state index contributed by atoms with van der Waals surface area (Å²) in [5.41, 5.74) is 2.73. The first-order valence-corrected chi connectivity index (χ1v) is 6.10. The normalized spacial score (nSPS) is 10.6. The van der Waals surface area contributed by atoms with E-state index in [0.717, 1.165) is 31.8 Å². The quantitative estimate of drug-likeness (QED) is 0.747. The fraction of sp³-hybridized carbons (Fsp3) is 0.357. The van der Waals surface area contributed by atoms with Crippen molar-refractivity contribution in [1.82, 2.24) is 15.3 Å². The second kappa shape index (κ2) is 6.21. The first-order chi connectivity index (χ1) is 8.36. The number of benzene rings is 1. The van der Waals surface area contributed by atoms with Crippen LogP contribution >= 0.6 is 0 Å². The maximum absolute atomic E-state index is 4.20. The minimum atomic E-state index is 0.949. The average Bonchev–Trinajstić information content (AvgIpc) is 2.84. The Balaban J connectivity index is 1.65. The van der Waals surface area contributed by atoms with Crippen molar-refractivity contribution in [2.45, 2.75) is 26.3 Å². The van der Waals surface area contributed by atoms with E-state index in [-0.39, 0.29) is 0 Å². The van der Waals surface area contributed by atoms with Crippen LogP contribution in [0.1, 0.15) is 23.4 Å². The maximum atomic E-state index is 4.20. The van der Waals surface area contributed by atoms with Crippen LogP contribution in [-0.4, -0.2) is 16.5 Å². The largest absolute Gasteiger partial charge is 0.349 e. The van der Waals surface area contributed by atoms with Gasteiger partial charge in [-0.2, -0.15) is 0 Å². The van der Waals surface area contributed by atoms with Crippen LogP contribution < -0.4 is 5.32 Å². The van der Waals surface area contributed by atoms with E-state index in [1.165, 1.54) is 11.1 Å². The van der Waals surface area contributed by atoms with Gasteiger partial charge in [-0.05, 0) is 31.0 Å². The summed E-state index contributed by atoms with van der Waals surface area (Å²) in [6, 6.07) is 8.50. The van der Waals surface area contributed by atoms with Gasteiger partial charge in [-0.3, -0.25) is 0 Å². The lowest BCUT2D eigenvalue weighted by atomic mass is 10.1. The molecule has 0 aliphatic heterocycles. The summed E-state index contributed by atoms with van der Waals surface area (Å²) in [6.07, 6.45) is 5.79. The highest BCUT2D eigenvalue weighted by Gasteiger charge is 1.97. The van der Waals surface area contributed by atoms with Crippen LogP contribution in [-0.2, 0) is 13.0 Å². The second-order valence-corrected chi connectivity index (χ2v) is 4.24. The molecule has 3 heteroatoms. The van der Waals surface area contributed by atoms with Crippen molar-refractivity contribution in [3.63, 3.8) is 0 Å². The number of hydrogen-bond donors (Lipinski definition) is 2. The lowest BCUT2D eigenvalue weighted by molar-refractivity contribution is 0.639. The molecular formula is C14H19N3. The number of nitrogens with one attached hydrogen (secondary N) is 2. The van der Waals surface area contributed by atoms with Crippen molar-refractivity contribution >= 4 is 0 Å². The number of H-pyrrole nitrogens is 1. The number of aromatic amines is 1. The lowest BCUT2D eigenvalue weighted by Crippen LogP contribution is -2.16. The van der Waals surface area contributed by atoms with E-state index in [2.05, 4.69) is 46.5 Å². The van der Waals surface area contributed by atoms with Crippen molar-refractivity contribution in [1.29, 1.82) is 0 Å². The Labute approximate surface area is 102 Å². The Hall–Kier alpha value is -1.61. The van der Waals surface area contributed by atoms with Crippen molar-refractivity contribution < 1.29 is 0 Å². The molecule has 0 amide bonds. The van der Waals surface area contributed by atoms with Crippen molar-refractivity contribution in [2.75, 3.05) is 6.54 Å². The zero-order valence-corrected chi connectivity index (χ0v) is 10.2. The number of aromatic nitrogens is 2. The van der Waals surface area contributed by atoms with Gasteiger partial charge in [0.25, 0.3) is 0 Å². The zero-order valence-electron chi connectivity index (χ0n) is 10.2. The highest BCUT2D eigenvalue weighted by atomic mass is 14.9. The molecule has 0 saturated carbocycles. The molecule has 1 heterocycles. The fourth-order valence-corrected chi connectivity index (χ4v) is 1.85. The van der Waals surface area contributed by atoms with Gasteiger partial charge in [0.15, 0.2) is 0 Å². The number of nitrogens with zero attached hydrogens (tertiary/aromatic N) is 1. The van der Waals surface area contributed by atoms with Gasteiger partial charge in [-0.1, -0.05) is 24.3 Å². The molecule has 1 aromatic carbocycles. The minimum Gasteiger partial charge on any atom is -0.349 e. The minimum absolute atomic E-state index is 0.949. The molecule has 3 nitrogen and oxygen atoms in total. The van der Waals surface area contributed by atoms with E-state index >= 15 is 0 Å². The first-order valence-electron chi connectivity index (χ1n) is 6.10. The van der Waals surface area contributed by atoms with Gasteiger partial charge in [0.2, 0.25) is 0 Å². The number of rotatable bonds is 6. The monoisotopic (exact) mass is 229 g/mol. The van der Waals surface area contributed by atoms with Gasteiger partial charge in [0.05, 0.1) is 0 Å². The van der Waals surface area contributed by atoms with Crippen LogP contribution in [0, 0.1) is 6.92 Å². The Bertz CT molecular complexity index is 434. The van der Waals surface area contributed by atoms with Crippen LogP contribution in [0.3, 0.4) is 0 Å². The summed E-state index contributed by atoms with van der Waals surface area (Å²) >= 11 is 0. The highest BCUT2D eigenvalue weighted by molar-refractivity contribution is 5.25. The molecule has 0 saturated heterocycles. The van der Waals surface area contributed by atoms with Gasteiger partial charge >= 0.3 is 0 Å². The van der Waals surface area contributed by atoms with E-state index in [4.69, 9.17) is 0 Å². The Morgan fingerprint density at radius 1 is 1.29 bits per heavy atom. The zero-order chi connectivity index (χ0) is 11.9. The van der Waals surface area contributed by atoms with E-state index in [0.29, 0.717) is 0 Å². The molecule has 0 fully saturated rings. The van der Waals surface area contributed by atoms with Gasteiger partial charge < -0.3 is 10.3 Å². The molecule has 0 aliphatic carbocycles. The van der Waals surface area contributed by atoms with Crippen LogP contribution in [0.5, 0.6) is 0 Å². The summed E-state index contributed by atoms with van der Waals surface area (Å²) in [7, 11) is 0. The number of imidazole rings is 1. The molecule has 0 spiro atoms. The van der Waals surface area contributed by atoms with Gasteiger partial charge in [0, 0.05) is 25.4 Å². The smallest absolute Gasteiger partial charge is 0.106 e. The summed E-state index contributed by atoms with van der Waals surface area (Å²) in [6.45, 7) is 4.12. The van der Waals surface area contributed by atoms with Gasteiger partial charge in [-0.25, -0.2) is 4.98 Å². The third kappa shape index (κ3) is 3.71. The Morgan fingerprint density at radius 2 is 2.18 bits per heavy atom. The summed E-state index contributed by atoms with van der Waals surface area (Å²) in [5, 5.41) is 3.46. The SMILES string of the molecule is Cc1ccccc1CNCCCc1ncc[nH]1. The molecule has 90 valence electrons. The van der Waals surface area contributed by atoms with Gasteiger partial charge in [-0.15, -0.1) is 0 Å². The topological polar surface area (TPSA) is 40.7 Å². The van der Waals surface area contributed by atoms with E-state index in [9.17, 15) is 0 Å². The third-order valence-corrected chi connectivity index (χ3v) is 2.90. The maximum Gasteiger partial charge on any atom is 0.106 e. The lowest BCUT2D eigenvalue weighted by Gasteiger charge is -2.06. The molecule has 2 aromatic rings. The molecule has 0 aliphatic rings. The molecule has 17 heavy (non-hydrogen) atoms. The van der Waals surface area contributed by atoms with Crippen LogP contribution in [0.2, 0.25) is 0 Å². The summed E-state index contributed by atoms with van der Waals surface area (Å²) in [5.74, 6) is 1.07. The fourth-order valence-electron chi connectivity index (χ4n) is 1.85. The summed E-state index contributed by atoms with van der Waals surface area (Å²) < 4.78 is 0. The van der Waals surface area contributed by atoms with E-state index in [1.807, 2.05) is 6.20 Å². The average molecular weight is 229 g/mol. The van der Waals surface area contributed by atoms with E-state index in [1.54, 1.807) is 6.20 Å². The van der Waals surface area contributed by atoms with Crippen molar-refractivity contribution in [3.05, 3.63) is 53.6 Å². The molecule has 0 atom stereocenters. The van der Waals surface area contributed by atoms with Crippen molar-refractivity contribution in [2.24, 2.45) is 0 Å². The molecule has 0 radical (unpaired) electrons. The van der Waals surface area contributed by atoms with Crippen LogP contribution in [0.25, 0.3) is 0 Å². The van der Waals surface area contributed by atoms with Crippen LogP contribution in [0.4, 0.5) is 0 Å².